The average Bonchev–Trinajstić information content (AvgIpc) is 2.81. The average molecular weight is 249 g/mol. The lowest BCUT2D eigenvalue weighted by Gasteiger charge is -2.11. The summed E-state index contributed by atoms with van der Waals surface area (Å²) in [5.74, 6) is -0.687. The molecule has 0 saturated carbocycles. The molecule has 1 heterocycles. The molecule has 0 saturated heterocycles. The fourth-order valence-corrected chi connectivity index (χ4v) is 1.48. The number of H-pyrrole nitrogens is 1. The van der Waals surface area contributed by atoms with Gasteiger partial charge in [0.2, 0.25) is 0 Å². The number of nitrogens with two attached hydrogens (primary N) is 1. The molecule has 1 aromatic carbocycles. The van der Waals surface area contributed by atoms with Crippen LogP contribution in [0.25, 0.3) is 0 Å². The summed E-state index contributed by atoms with van der Waals surface area (Å²) in [5, 5.41) is 8.91. The molecule has 6 nitrogen and oxygen atoms in total. The van der Waals surface area contributed by atoms with Crippen LogP contribution in [0, 0.1) is 5.82 Å². The van der Waals surface area contributed by atoms with Crippen molar-refractivity contribution in [2.75, 3.05) is 5.73 Å². The van der Waals surface area contributed by atoms with E-state index in [9.17, 15) is 9.18 Å². The molecule has 4 N–H and O–H groups in total. The van der Waals surface area contributed by atoms with Crippen LogP contribution < -0.4 is 11.1 Å². The topological polar surface area (TPSA) is 96.7 Å². The van der Waals surface area contributed by atoms with Crippen molar-refractivity contribution in [3.8, 4) is 0 Å². The van der Waals surface area contributed by atoms with Gasteiger partial charge in [-0.15, -0.1) is 0 Å². The minimum atomic E-state index is -0.655. The van der Waals surface area contributed by atoms with E-state index in [2.05, 4.69) is 20.5 Å². The quantitative estimate of drug-likeness (QED) is 0.707. The number of nitrogens with one attached hydrogen (secondary N) is 2. The predicted molar refractivity (Wildman–Crippen MR) is 63.1 cm³/mol. The second kappa shape index (κ2) is 4.82. The van der Waals surface area contributed by atoms with Crippen LogP contribution >= 0.6 is 0 Å². The van der Waals surface area contributed by atoms with E-state index in [-0.39, 0.29) is 11.3 Å². The molecule has 0 spiro atoms. The zero-order valence-corrected chi connectivity index (χ0v) is 9.64. The largest absolute Gasteiger partial charge is 0.399 e. The standard InChI is InChI=1S/C11H12FN5O/c1-6(10-14-5-15-17-10)16-11(18)8-3-2-7(13)4-9(8)12/h2-6H,13H2,1H3,(H,16,18)(H,14,15,17). The molecule has 0 fully saturated rings. The first-order chi connectivity index (χ1) is 8.58. The van der Waals surface area contributed by atoms with Crippen molar-refractivity contribution in [2.24, 2.45) is 0 Å². The van der Waals surface area contributed by atoms with Crippen molar-refractivity contribution < 1.29 is 9.18 Å². The Morgan fingerprint density at radius 2 is 2.33 bits per heavy atom. The molecule has 0 aliphatic heterocycles. The molecular weight excluding hydrogens is 237 g/mol. The van der Waals surface area contributed by atoms with Crippen molar-refractivity contribution in [3.63, 3.8) is 0 Å². The Labute approximate surface area is 102 Å². The van der Waals surface area contributed by atoms with E-state index in [1.807, 2.05) is 0 Å². The molecule has 18 heavy (non-hydrogen) atoms. The van der Waals surface area contributed by atoms with E-state index in [0.29, 0.717) is 5.82 Å². The molecule has 0 bridgehead atoms. The van der Waals surface area contributed by atoms with Crippen LogP contribution in [0.5, 0.6) is 0 Å². The second-order valence-electron chi connectivity index (χ2n) is 3.81. The number of anilines is 1. The van der Waals surface area contributed by atoms with Crippen molar-refractivity contribution in [3.05, 3.63) is 41.7 Å². The van der Waals surface area contributed by atoms with Crippen LogP contribution in [-0.2, 0) is 0 Å². The van der Waals surface area contributed by atoms with Gasteiger partial charge in [0.1, 0.15) is 18.0 Å². The smallest absolute Gasteiger partial charge is 0.254 e. The summed E-state index contributed by atoms with van der Waals surface area (Å²) >= 11 is 0. The third-order valence-electron chi connectivity index (χ3n) is 2.43. The third kappa shape index (κ3) is 2.45. The zero-order chi connectivity index (χ0) is 13.1. The summed E-state index contributed by atoms with van der Waals surface area (Å²) in [6, 6.07) is 3.52. The number of hydrogen-bond donors (Lipinski definition) is 3. The molecule has 7 heteroatoms. The van der Waals surface area contributed by atoms with Crippen molar-refractivity contribution in [1.29, 1.82) is 0 Å². The van der Waals surface area contributed by atoms with E-state index < -0.39 is 17.8 Å². The normalized spacial score (nSPS) is 12.1. The predicted octanol–water partition coefficient (Wildman–Crippen LogP) is 1.02. The van der Waals surface area contributed by atoms with Gasteiger partial charge in [0, 0.05) is 5.69 Å². The molecule has 1 amide bonds. The highest BCUT2D eigenvalue weighted by molar-refractivity contribution is 5.95. The van der Waals surface area contributed by atoms with Crippen LogP contribution in [0.1, 0.15) is 29.1 Å². The van der Waals surface area contributed by atoms with Gasteiger partial charge >= 0.3 is 0 Å². The first-order valence-corrected chi connectivity index (χ1v) is 5.29. The number of nitrogen functional groups attached to an aromatic ring is 1. The highest BCUT2D eigenvalue weighted by Gasteiger charge is 2.16. The van der Waals surface area contributed by atoms with Gasteiger partial charge in [-0.25, -0.2) is 9.37 Å². The third-order valence-corrected chi connectivity index (χ3v) is 2.43. The molecule has 0 aliphatic carbocycles. The van der Waals surface area contributed by atoms with E-state index in [1.165, 1.54) is 18.5 Å². The molecule has 1 aromatic heterocycles. The lowest BCUT2D eigenvalue weighted by molar-refractivity contribution is 0.0934. The van der Waals surface area contributed by atoms with Crippen LogP contribution in [0.15, 0.2) is 24.5 Å². The Morgan fingerprint density at radius 1 is 1.56 bits per heavy atom. The number of benzene rings is 1. The van der Waals surface area contributed by atoms with Crippen LogP contribution in [-0.4, -0.2) is 21.1 Å². The van der Waals surface area contributed by atoms with E-state index in [1.54, 1.807) is 6.92 Å². The summed E-state index contributed by atoms with van der Waals surface area (Å²) in [4.78, 5) is 15.7. The lowest BCUT2D eigenvalue weighted by Crippen LogP contribution is -2.28. The number of aromatic nitrogens is 3. The van der Waals surface area contributed by atoms with Gasteiger partial charge in [0.15, 0.2) is 0 Å². The Kier molecular flexibility index (Phi) is 3.22. The monoisotopic (exact) mass is 249 g/mol. The molecule has 0 radical (unpaired) electrons. The van der Waals surface area contributed by atoms with Gasteiger partial charge in [-0.3, -0.25) is 9.89 Å². The van der Waals surface area contributed by atoms with Gasteiger partial charge in [-0.05, 0) is 25.1 Å². The number of aromatic amines is 1. The fraction of sp³-hybridized carbons (Fsp3) is 0.182. The zero-order valence-electron chi connectivity index (χ0n) is 9.64. The van der Waals surface area contributed by atoms with Crippen molar-refractivity contribution in [2.45, 2.75) is 13.0 Å². The number of carbonyl (C=O) groups excluding carboxylic acids is 1. The first-order valence-electron chi connectivity index (χ1n) is 5.29. The molecule has 94 valence electrons. The highest BCUT2D eigenvalue weighted by Crippen LogP contribution is 2.13. The first kappa shape index (κ1) is 12.0. The number of carbonyl (C=O) groups is 1. The molecule has 2 rings (SSSR count). The van der Waals surface area contributed by atoms with Gasteiger partial charge < -0.3 is 11.1 Å². The second-order valence-corrected chi connectivity index (χ2v) is 3.81. The van der Waals surface area contributed by atoms with Crippen LogP contribution in [0.2, 0.25) is 0 Å². The van der Waals surface area contributed by atoms with Crippen LogP contribution in [0.3, 0.4) is 0 Å². The number of amides is 1. The fourth-order valence-electron chi connectivity index (χ4n) is 1.48. The molecular formula is C11H12FN5O. The minimum Gasteiger partial charge on any atom is -0.399 e. The highest BCUT2D eigenvalue weighted by atomic mass is 19.1. The SMILES string of the molecule is CC(NC(=O)c1ccc(N)cc1F)c1ncn[nH]1. The number of hydrogen-bond acceptors (Lipinski definition) is 4. The number of rotatable bonds is 3. The summed E-state index contributed by atoms with van der Waals surface area (Å²) in [6.45, 7) is 1.72. The van der Waals surface area contributed by atoms with Crippen molar-refractivity contribution in [1.82, 2.24) is 20.5 Å². The molecule has 2 aromatic rings. The van der Waals surface area contributed by atoms with E-state index >= 15 is 0 Å². The summed E-state index contributed by atoms with van der Waals surface area (Å²) < 4.78 is 13.5. The van der Waals surface area contributed by atoms with Crippen molar-refractivity contribution >= 4 is 11.6 Å². The minimum absolute atomic E-state index is 0.0597. The Hall–Kier alpha value is -2.44. The maximum Gasteiger partial charge on any atom is 0.254 e. The van der Waals surface area contributed by atoms with E-state index in [4.69, 9.17) is 5.73 Å². The van der Waals surface area contributed by atoms with Gasteiger partial charge in [0.25, 0.3) is 5.91 Å². The maximum atomic E-state index is 13.5. The Balaban J connectivity index is 2.12. The molecule has 1 unspecified atom stereocenters. The van der Waals surface area contributed by atoms with Gasteiger partial charge in [0.05, 0.1) is 11.6 Å². The Morgan fingerprint density at radius 3 is 2.94 bits per heavy atom. The van der Waals surface area contributed by atoms with E-state index in [0.717, 1.165) is 6.07 Å². The molecule has 1 atom stereocenters. The van der Waals surface area contributed by atoms with Crippen LogP contribution in [0.4, 0.5) is 10.1 Å². The summed E-state index contributed by atoms with van der Waals surface area (Å²) in [7, 11) is 0. The summed E-state index contributed by atoms with van der Waals surface area (Å²) in [6.07, 6.45) is 1.34. The number of halogens is 1. The summed E-state index contributed by atoms with van der Waals surface area (Å²) in [5.41, 5.74) is 5.62. The number of nitrogens with zero attached hydrogens (tertiary/aromatic N) is 2. The Bertz CT molecular complexity index is 555. The van der Waals surface area contributed by atoms with Gasteiger partial charge in [-0.2, -0.15) is 5.10 Å². The maximum absolute atomic E-state index is 13.5. The lowest BCUT2D eigenvalue weighted by atomic mass is 10.1. The van der Waals surface area contributed by atoms with Gasteiger partial charge in [-0.1, -0.05) is 0 Å². The molecule has 0 aliphatic rings.